The van der Waals surface area contributed by atoms with Crippen LogP contribution in [0.3, 0.4) is 0 Å². The quantitative estimate of drug-likeness (QED) is 0.766. The fourth-order valence-corrected chi connectivity index (χ4v) is 1.71. The van der Waals surface area contributed by atoms with Crippen molar-refractivity contribution in [1.82, 2.24) is 10.2 Å². The van der Waals surface area contributed by atoms with Gasteiger partial charge in [-0.3, -0.25) is 9.69 Å². The monoisotopic (exact) mass is 253 g/mol. The highest BCUT2D eigenvalue weighted by atomic mass is 19.4. The van der Waals surface area contributed by atoms with E-state index in [0.29, 0.717) is 0 Å². The molecular weight excluding hydrogens is 235 g/mol. The van der Waals surface area contributed by atoms with Crippen LogP contribution in [0.25, 0.3) is 0 Å². The van der Waals surface area contributed by atoms with Crippen molar-refractivity contribution < 1.29 is 18.0 Å². The molecule has 0 atom stereocenters. The lowest BCUT2D eigenvalue weighted by molar-refractivity contribution is -0.135. The Morgan fingerprint density at radius 3 is 2.47 bits per heavy atom. The maximum absolute atomic E-state index is 11.8. The number of carbonyl (C=O) groups is 1. The van der Waals surface area contributed by atoms with Crippen molar-refractivity contribution in [2.24, 2.45) is 5.73 Å². The lowest BCUT2D eigenvalue weighted by atomic mass is 10.1. The van der Waals surface area contributed by atoms with E-state index in [-0.39, 0.29) is 25.0 Å². The Morgan fingerprint density at radius 2 is 1.94 bits per heavy atom. The number of carbonyl (C=O) groups excluding carboxylic acids is 1. The Morgan fingerprint density at radius 1 is 1.35 bits per heavy atom. The first-order valence-corrected chi connectivity index (χ1v) is 5.68. The van der Waals surface area contributed by atoms with Gasteiger partial charge in [0.15, 0.2) is 0 Å². The van der Waals surface area contributed by atoms with Crippen LogP contribution in [0.4, 0.5) is 13.2 Å². The van der Waals surface area contributed by atoms with Gasteiger partial charge in [-0.15, -0.1) is 0 Å². The number of halogens is 3. The summed E-state index contributed by atoms with van der Waals surface area (Å²) in [5.74, 6) is -0.357. The third-order valence-corrected chi connectivity index (χ3v) is 2.73. The zero-order chi connectivity index (χ0) is 12.9. The molecular formula is C10H18F3N3O. The first kappa shape index (κ1) is 14.2. The molecule has 0 radical (unpaired) electrons. The molecule has 0 aromatic rings. The molecule has 1 fully saturated rings. The number of likely N-dealkylation sites (tertiary alicyclic amines) is 1. The topological polar surface area (TPSA) is 58.4 Å². The Bertz CT molecular complexity index is 250. The molecule has 1 aliphatic rings. The second-order valence-corrected chi connectivity index (χ2v) is 4.33. The highest BCUT2D eigenvalue weighted by Crippen LogP contribution is 2.18. The summed E-state index contributed by atoms with van der Waals surface area (Å²) in [6.07, 6.45) is -3.54. The summed E-state index contributed by atoms with van der Waals surface area (Å²) >= 11 is 0. The van der Waals surface area contributed by atoms with Gasteiger partial charge in [0.25, 0.3) is 0 Å². The first-order chi connectivity index (χ1) is 7.87. The number of rotatable bonds is 4. The molecule has 0 aromatic carbocycles. The maximum Gasteiger partial charge on any atom is 0.390 e. The van der Waals surface area contributed by atoms with Crippen LogP contribution >= 0.6 is 0 Å². The van der Waals surface area contributed by atoms with Crippen LogP contribution in [-0.2, 0) is 4.79 Å². The predicted molar refractivity (Wildman–Crippen MR) is 57.3 cm³/mol. The largest absolute Gasteiger partial charge is 0.390 e. The molecule has 1 saturated heterocycles. The fourth-order valence-electron chi connectivity index (χ4n) is 1.71. The summed E-state index contributed by atoms with van der Waals surface area (Å²) in [5, 5.41) is 2.27. The van der Waals surface area contributed by atoms with Gasteiger partial charge in [0, 0.05) is 25.7 Å². The molecule has 1 heterocycles. The minimum Gasteiger partial charge on any atom is -0.355 e. The number of hydrogen-bond acceptors (Lipinski definition) is 3. The number of nitrogens with zero attached hydrogens (tertiary/aromatic N) is 1. The van der Waals surface area contributed by atoms with Crippen LogP contribution in [-0.4, -0.2) is 49.2 Å². The van der Waals surface area contributed by atoms with E-state index in [2.05, 4.69) is 5.32 Å². The molecule has 3 N–H and O–H groups in total. The number of piperidine rings is 1. The van der Waals surface area contributed by atoms with E-state index in [1.807, 2.05) is 4.90 Å². The van der Waals surface area contributed by atoms with Crippen LogP contribution in [0.5, 0.6) is 0 Å². The molecule has 17 heavy (non-hydrogen) atoms. The van der Waals surface area contributed by atoms with E-state index in [1.165, 1.54) is 0 Å². The van der Waals surface area contributed by atoms with Crippen molar-refractivity contribution in [1.29, 1.82) is 0 Å². The van der Waals surface area contributed by atoms with Crippen molar-refractivity contribution in [3.8, 4) is 0 Å². The number of nitrogens with two attached hydrogens (primary N) is 1. The Kier molecular flexibility index (Phi) is 5.20. The molecule has 0 aliphatic carbocycles. The second-order valence-electron chi connectivity index (χ2n) is 4.33. The van der Waals surface area contributed by atoms with Crippen LogP contribution in [0.15, 0.2) is 0 Å². The number of hydrogen-bond donors (Lipinski definition) is 2. The van der Waals surface area contributed by atoms with Crippen molar-refractivity contribution in [3.63, 3.8) is 0 Å². The lowest BCUT2D eigenvalue weighted by Gasteiger charge is -2.29. The molecule has 1 rings (SSSR count). The molecule has 7 heteroatoms. The van der Waals surface area contributed by atoms with Crippen molar-refractivity contribution >= 4 is 5.91 Å². The zero-order valence-electron chi connectivity index (χ0n) is 9.59. The Balaban J connectivity index is 2.13. The first-order valence-electron chi connectivity index (χ1n) is 5.68. The van der Waals surface area contributed by atoms with Gasteiger partial charge in [-0.05, 0) is 12.8 Å². The average molecular weight is 253 g/mol. The average Bonchev–Trinajstić information content (AvgIpc) is 2.19. The number of nitrogens with one attached hydrogen (secondary N) is 1. The Hall–Kier alpha value is -0.820. The summed E-state index contributed by atoms with van der Waals surface area (Å²) in [6, 6.07) is 0.180. The standard InChI is InChI=1S/C10H18F3N3O/c11-10(12,13)3-4-15-9(17)7-16-5-1-8(14)2-6-16/h8H,1-7,14H2,(H,15,17). The van der Waals surface area contributed by atoms with E-state index >= 15 is 0 Å². The van der Waals surface area contributed by atoms with Crippen LogP contribution in [0, 0.1) is 0 Å². The van der Waals surface area contributed by atoms with Crippen LogP contribution in [0.2, 0.25) is 0 Å². The summed E-state index contributed by atoms with van der Waals surface area (Å²) < 4.78 is 35.5. The van der Waals surface area contributed by atoms with Gasteiger partial charge in [-0.25, -0.2) is 0 Å². The predicted octanol–water partition coefficient (Wildman–Crippen LogP) is 0.478. The zero-order valence-corrected chi connectivity index (χ0v) is 9.59. The molecule has 0 bridgehead atoms. The molecule has 100 valence electrons. The molecule has 0 unspecified atom stereocenters. The number of amides is 1. The fraction of sp³-hybridized carbons (Fsp3) is 0.900. The van der Waals surface area contributed by atoms with Gasteiger partial charge in [-0.1, -0.05) is 0 Å². The van der Waals surface area contributed by atoms with Crippen molar-refractivity contribution in [2.45, 2.75) is 31.5 Å². The van der Waals surface area contributed by atoms with Gasteiger partial charge in [0.1, 0.15) is 0 Å². The van der Waals surface area contributed by atoms with Gasteiger partial charge < -0.3 is 11.1 Å². The summed E-state index contributed by atoms with van der Waals surface area (Å²) in [6.45, 7) is 1.27. The van der Waals surface area contributed by atoms with Crippen molar-refractivity contribution in [2.75, 3.05) is 26.2 Å². The molecule has 1 amide bonds. The second kappa shape index (κ2) is 6.20. The van der Waals surface area contributed by atoms with Crippen LogP contribution in [0.1, 0.15) is 19.3 Å². The van der Waals surface area contributed by atoms with E-state index in [1.54, 1.807) is 0 Å². The van der Waals surface area contributed by atoms with Gasteiger partial charge >= 0.3 is 6.18 Å². The van der Waals surface area contributed by atoms with E-state index in [4.69, 9.17) is 5.73 Å². The molecule has 0 saturated carbocycles. The molecule has 1 aliphatic heterocycles. The Labute approximate surface area is 98.3 Å². The van der Waals surface area contributed by atoms with E-state index in [0.717, 1.165) is 25.9 Å². The third-order valence-electron chi connectivity index (χ3n) is 2.73. The van der Waals surface area contributed by atoms with Gasteiger partial charge in [0.2, 0.25) is 5.91 Å². The highest BCUT2D eigenvalue weighted by Gasteiger charge is 2.26. The normalized spacial score (nSPS) is 19.3. The minimum atomic E-state index is -4.22. The molecule has 0 spiro atoms. The lowest BCUT2D eigenvalue weighted by Crippen LogP contribution is -2.44. The molecule has 0 aromatic heterocycles. The summed E-state index contributed by atoms with van der Waals surface area (Å²) in [5.41, 5.74) is 5.70. The van der Waals surface area contributed by atoms with Crippen molar-refractivity contribution in [3.05, 3.63) is 0 Å². The SMILES string of the molecule is NC1CCN(CC(=O)NCCC(F)(F)F)CC1. The summed E-state index contributed by atoms with van der Waals surface area (Å²) in [7, 11) is 0. The third kappa shape index (κ3) is 6.48. The number of alkyl halides is 3. The van der Waals surface area contributed by atoms with E-state index < -0.39 is 12.6 Å². The van der Waals surface area contributed by atoms with Crippen LogP contribution < -0.4 is 11.1 Å². The molecule has 4 nitrogen and oxygen atoms in total. The van der Waals surface area contributed by atoms with Gasteiger partial charge in [-0.2, -0.15) is 13.2 Å². The minimum absolute atomic E-state index is 0.157. The smallest absolute Gasteiger partial charge is 0.355 e. The highest BCUT2D eigenvalue weighted by molar-refractivity contribution is 5.77. The summed E-state index contributed by atoms with van der Waals surface area (Å²) in [4.78, 5) is 13.2. The van der Waals surface area contributed by atoms with Gasteiger partial charge in [0.05, 0.1) is 13.0 Å². The maximum atomic E-state index is 11.8. The van der Waals surface area contributed by atoms with E-state index in [9.17, 15) is 18.0 Å².